The van der Waals surface area contributed by atoms with E-state index in [4.69, 9.17) is 5.11 Å². The van der Waals surface area contributed by atoms with Crippen molar-refractivity contribution in [2.75, 3.05) is 20.2 Å². The lowest BCUT2D eigenvalue weighted by atomic mass is 10.2. The Labute approximate surface area is 89.4 Å². The van der Waals surface area contributed by atoms with Gasteiger partial charge < -0.3 is 5.11 Å². The Morgan fingerprint density at radius 3 is 2.67 bits per heavy atom. The van der Waals surface area contributed by atoms with Crippen LogP contribution in [-0.4, -0.2) is 48.1 Å². The molecule has 0 radical (unpaired) electrons. The number of aliphatic hydroxyl groups is 1. The molecular weight excluding hydrogens is 196 g/mol. The molecule has 15 heavy (non-hydrogen) atoms. The molecule has 86 valence electrons. The maximum Gasteiger partial charge on any atom is 0.244 e. The minimum Gasteiger partial charge on any atom is -0.396 e. The average molecular weight is 214 g/mol. The van der Waals surface area contributed by atoms with Crippen molar-refractivity contribution in [3.05, 3.63) is 0 Å². The Bertz CT molecular complexity index is 243. The van der Waals surface area contributed by atoms with Crippen LogP contribution < -0.4 is 5.32 Å². The maximum absolute atomic E-state index is 11.3. The van der Waals surface area contributed by atoms with Crippen molar-refractivity contribution in [2.24, 2.45) is 0 Å². The summed E-state index contributed by atoms with van der Waals surface area (Å²) in [6.07, 6.45) is 2.96. The molecule has 1 atom stereocenters. The maximum atomic E-state index is 11.3. The Morgan fingerprint density at radius 2 is 2.13 bits per heavy atom. The summed E-state index contributed by atoms with van der Waals surface area (Å²) in [6, 6.07) is -0.299. The third-order valence-electron chi connectivity index (χ3n) is 2.65. The lowest BCUT2D eigenvalue weighted by Gasteiger charge is -2.20. The number of aliphatic hydroxyl groups excluding tert-OH is 1. The van der Waals surface area contributed by atoms with Gasteiger partial charge in [0, 0.05) is 6.61 Å². The molecule has 1 fully saturated rings. The van der Waals surface area contributed by atoms with Crippen molar-refractivity contribution in [1.82, 2.24) is 10.2 Å². The van der Waals surface area contributed by atoms with Crippen LogP contribution in [0.5, 0.6) is 0 Å². The van der Waals surface area contributed by atoms with E-state index in [1.807, 2.05) is 11.9 Å². The molecule has 1 aliphatic heterocycles. The zero-order chi connectivity index (χ0) is 11.3. The molecule has 0 saturated carbocycles. The van der Waals surface area contributed by atoms with Crippen LogP contribution in [0.1, 0.15) is 25.7 Å². The third-order valence-corrected chi connectivity index (χ3v) is 2.65. The number of hydrogen-bond acceptors (Lipinski definition) is 4. The van der Waals surface area contributed by atoms with Crippen molar-refractivity contribution >= 4 is 11.8 Å². The van der Waals surface area contributed by atoms with Crippen LogP contribution in [0.25, 0.3) is 0 Å². The molecule has 1 rings (SSSR count). The largest absolute Gasteiger partial charge is 0.396 e. The van der Waals surface area contributed by atoms with E-state index in [2.05, 4.69) is 5.32 Å². The second-order valence-electron chi connectivity index (χ2n) is 3.90. The fraction of sp³-hybridized carbons (Fsp3) is 0.800. The quantitative estimate of drug-likeness (QED) is 0.462. The predicted molar refractivity (Wildman–Crippen MR) is 55.1 cm³/mol. The highest BCUT2D eigenvalue weighted by Crippen LogP contribution is 2.10. The smallest absolute Gasteiger partial charge is 0.244 e. The van der Waals surface area contributed by atoms with Gasteiger partial charge in [0.15, 0.2) is 0 Å². The second kappa shape index (κ2) is 5.82. The van der Waals surface area contributed by atoms with Gasteiger partial charge in [-0.15, -0.1) is 0 Å². The molecule has 0 aromatic heterocycles. The molecule has 1 aliphatic rings. The summed E-state index contributed by atoms with van der Waals surface area (Å²) in [4.78, 5) is 24.2. The van der Waals surface area contributed by atoms with Crippen LogP contribution in [-0.2, 0) is 9.59 Å². The Balaban J connectivity index is 2.24. The topological polar surface area (TPSA) is 69.6 Å². The molecule has 1 saturated heterocycles. The molecule has 2 N–H and O–H groups in total. The van der Waals surface area contributed by atoms with Crippen LogP contribution in [0.4, 0.5) is 0 Å². The lowest BCUT2D eigenvalue weighted by molar-refractivity contribution is -0.126. The number of rotatable bonds is 6. The normalized spacial score (nSPS) is 21.1. The summed E-state index contributed by atoms with van der Waals surface area (Å²) in [5, 5.41) is 10.9. The highest BCUT2D eigenvalue weighted by atomic mass is 16.3. The van der Waals surface area contributed by atoms with Gasteiger partial charge >= 0.3 is 0 Å². The number of carbonyl (C=O) groups excluding carboxylic acids is 2. The summed E-state index contributed by atoms with van der Waals surface area (Å²) in [5.41, 5.74) is 0. The first-order valence-electron chi connectivity index (χ1n) is 5.30. The summed E-state index contributed by atoms with van der Waals surface area (Å²) >= 11 is 0. The van der Waals surface area contributed by atoms with Crippen molar-refractivity contribution < 1.29 is 14.7 Å². The highest BCUT2D eigenvalue weighted by Gasteiger charge is 2.33. The van der Waals surface area contributed by atoms with Gasteiger partial charge in [-0.05, 0) is 32.9 Å². The van der Waals surface area contributed by atoms with Gasteiger partial charge in [0.25, 0.3) is 0 Å². The van der Waals surface area contributed by atoms with E-state index < -0.39 is 0 Å². The lowest BCUT2D eigenvalue weighted by Crippen LogP contribution is -2.38. The minimum absolute atomic E-state index is 0.188. The van der Waals surface area contributed by atoms with Gasteiger partial charge in [-0.3, -0.25) is 19.8 Å². The molecule has 5 heteroatoms. The van der Waals surface area contributed by atoms with Crippen molar-refractivity contribution in [2.45, 2.75) is 31.7 Å². The number of nitrogens with zero attached hydrogens (tertiary/aromatic N) is 1. The fourth-order valence-corrected chi connectivity index (χ4v) is 1.70. The van der Waals surface area contributed by atoms with E-state index in [0.29, 0.717) is 0 Å². The SMILES string of the molecule is CN(CCCCCO)C1CC(=O)NC1=O. The number of hydrogen-bond donors (Lipinski definition) is 2. The predicted octanol–water partition coefficient (Wildman–Crippen LogP) is -0.504. The monoisotopic (exact) mass is 214 g/mol. The van der Waals surface area contributed by atoms with Crippen LogP contribution in [0, 0.1) is 0 Å². The Hall–Kier alpha value is -0.940. The van der Waals surface area contributed by atoms with Gasteiger partial charge in [-0.1, -0.05) is 0 Å². The number of carbonyl (C=O) groups is 2. The van der Waals surface area contributed by atoms with Gasteiger partial charge in [0.2, 0.25) is 11.8 Å². The van der Waals surface area contributed by atoms with E-state index in [0.717, 1.165) is 25.8 Å². The zero-order valence-corrected chi connectivity index (χ0v) is 9.03. The van der Waals surface area contributed by atoms with Crippen LogP contribution in [0.15, 0.2) is 0 Å². The summed E-state index contributed by atoms with van der Waals surface area (Å²) in [5.74, 6) is -0.378. The van der Waals surface area contributed by atoms with Crippen LogP contribution in [0.2, 0.25) is 0 Å². The molecular formula is C10H18N2O3. The first-order chi connectivity index (χ1) is 7.15. The summed E-state index contributed by atoms with van der Waals surface area (Å²) < 4.78 is 0. The summed E-state index contributed by atoms with van der Waals surface area (Å²) in [7, 11) is 1.85. The molecule has 1 heterocycles. The van der Waals surface area contributed by atoms with E-state index in [1.165, 1.54) is 0 Å². The van der Waals surface area contributed by atoms with E-state index in [1.54, 1.807) is 0 Å². The number of nitrogens with one attached hydrogen (secondary N) is 1. The van der Waals surface area contributed by atoms with Gasteiger partial charge in [-0.2, -0.15) is 0 Å². The molecule has 0 bridgehead atoms. The minimum atomic E-state index is -0.299. The first kappa shape index (κ1) is 12.1. The number of unbranched alkanes of at least 4 members (excludes halogenated alkanes) is 2. The van der Waals surface area contributed by atoms with Crippen LogP contribution >= 0.6 is 0 Å². The summed E-state index contributed by atoms with van der Waals surface area (Å²) in [6.45, 7) is 0.998. The highest BCUT2D eigenvalue weighted by molar-refractivity contribution is 6.05. The van der Waals surface area contributed by atoms with E-state index in [-0.39, 0.29) is 30.9 Å². The molecule has 0 spiro atoms. The molecule has 5 nitrogen and oxygen atoms in total. The molecule has 0 aliphatic carbocycles. The van der Waals surface area contributed by atoms with Crippen molar-refractivity contribution in [1.29, 1.82) is 0 Å². The standard InChI is InChI=1S/C10H18N2O3/c1-12(5-3-2-4-6-13)8-7-9(14)11-10(8)15/h8,13H,2-7H2,1H3,(H,11,14,15). The zero-order valence-electron chi connectivity index (χ0n) is 9.03. The number of likely N-dealkylation sites (N-methyl/N-ethyl adjacent to an activating group) is 1. The Kier molecular flexibility index (Phi) is 4.71. The molecule has 2 amide bonds. The van der Waals surface area contributed by atoms with E-state index in [9.17, 15) is 9.59 Å². The average Bonchev–Trinajstić information content (AvgIpc) is 2.52. The number of imide groups is 1. The first-order valence-corrected chi connectivity index (χ1v) is 5.30. The molecule has 1 unspecified atom stereocenters. The number of amides is 2. The van der Waals surface area contributed by atoms with Crippen LogP contribution in [0.3, 0.4) is 0 Å². The third kappa shape index (κ3) is 3.60. The second-order valence-corrected chi connectivity index (χ2v) is 3.90. The van der Waals surface area contributed by atoms with E-state index >= 15 is 0 Å². The molecule has 0 aromatic rings. The Morgan fingerprint density at radius 1 is 1.40 bits per heavy atom. The van der Waals surface area contributed by atoms with Gasteiger partial charge in [0.1, 0.15) is 0 Å². The van der Waals surface area contributed by atoms with Crippen molar-refractivity contribution in [3.8, 4) is 0 Å². The van der Waals surface area contributed by atoms with Gasteiger partial charge in [-0.25, -0.2) is 0 Å². The van der Waals surface area contributed by atoms with Gasteiger partial charge in [0.05, 0.1) is 12.5 Å². The fourth-order valence-electron chi connectivity index (χ4n) is 1.70. The molecule has 0 aromatic carbocycles. The van der Waals surface area contributed by atoms with Crippen molar-refractivity contribution in [3.63, 3.8) is 0 Å².